The Labute approximate surface area is 222 Å². The van der Waals surface area contributed by atoms with E-state index in [0.717, 1.165) is 24.3 Å². The van der Waals surface area contributed by atoms with Crippen LogP contribution in [-0.4, -0.2) is 9.55 Å². The molecule has 0 radical (unpaired) electrons. The molecule has 3 rings (SSSR count). The van der Waals surface area contributed by atoms with Gasteiger partial charge in [0.2, 0.25) is 0 Å². The molecule has 1 heterocycles. The summed E-state index contributed by atoms with van der Waals surface area (Å²) in [5, 5.41) is 1.12. The van der Waals surface area contributed by atoms with E-state index in [1.807, 2.05) is 12.1 Å². The number of nitrogens with zero attached hydrogens (tertiary/aromatic N) is 2. The van der Waals surface area contributed by atoms with Crippen molar-refractivity contribution in [2.45, 2.75) is 110 Å². The molecular formula is C30H42Cl2N2O. The minimum absolute atomic E-state index is 0.384. The summed E-state index contributed by atoms with van der Waals surface area (Å²) in [6, 6.07) is 13.6. The molecule has 0 aliphatic rings. The van der Waals surface area contributed by atoms with Gasteiger partial charge in [-0.25, -0.2) is 4.98 Å². The Hall–Kier alpha value is -1.71. The van der Waals surface area contributed by atoms with Crippen molar-refractivity contribution in [3.8, 4) is 5.75 Å². The number of unbranched alkanes of at least 4 members (excludes halogenated alkanes) is 13. The van der Waals surface area contributed by atoms with E-state index >= 15 is 0 Å². The quantitative estimate of drug-likeness (QED) is 0.157. The molecule has 0 aliphatic heterocycles. The van der Waals surface area contributed by atoms with Gasteiger partial charge < -0.3 is 9.30 Å². The highest BCUT2D eigenvalue weighted by atomic mass is 35.5. The summed E-state index contributed by atoms with van der Waals surface area (Å²) in [6.45, 7) is 3.63. The van der Waals surface area contributed by atoms with E-state index in [0.29, 0.717) is 22.4 Å². The molecule has 0 saturated carbocycles. The standard InChI is InChI=1S/C30H42Cl2N2O/c1-2-3-4-5-6-7-8-9-10-11-12-13-14-17-22-34-28-19-16-15-18-27(28)33-30(34)24-35-29-21-20-25(31)23-26(29)32/h15-16,18-21,23H,2-14,17,22,24H2,1H3. The minimum atomic E-state index is 0.384. The number of hydrogen-bond donors (Lipinski definition) is 0. The predicted molar refractivity (Wildman–Crippen MR) is 151 cm³/mol. The zero-order chi connectivity index (χ0) is 24.7. The maximum Gasteiger partial charge on any atom is 0.147 e. The molecule has 0 atom stereocenters. The number of hydrogen-bond acceptors (Lipinski definition) is 2. The first-order valence-electron chi connectivity index (χ1n) is 13.7. The number of para-hydroxylation sites is 2. The van der Waals surface area contributed by atoms with Crippen molar-refractivity contribution < 1.29 is 4.74 Å². The SMILES string of the molecule is CCCCCCCCCCCCCCCCn1c(COc2ccc(Cl)cc2Cl)nc2ccccc21. The second-order valence-electron chi connectivity index (χ2n) is 9.63. The van der Waals surface area contributed by atoms with Gasteiger partial charge in [0.1, 0.15) is 18.2 Å². The van der Waals surface area contributed by atoms with Crippen LogP contribution in [0.3, 0.4) is 0 Å². The summed E-state index contributed by atoms with van der Waals surface area (Å²) in [4.78, 5) is 4.83. The number of ether oxygens (including phenoxy) is 1. The summed E-state index contributed by atoms with van der Waals surface area (Å²) >= 11 is 12.3. The molecule has 0 unspecified atom stereocenters. The van der Waals surface area contributed by atoms with E-state index in [9.17, 15) is 0 Å². The third-order valence-electron chi connectivity index (χ3n) is 6.72. The summed E-state index contributed by atoms with van der Waals surface area (Å²) in [5.74, 6) is 1.57. The van der Waals surface area contributed by atoms with Crippen molar-refractivity contribution in [3.05, 3.63) is 58.3 Å². The molecule has 0 saturated heterocycles. The van der Waals surface area contributed by atoms with Crippen LogP contribution in [0.4, 0.5) is 0 Å². The summed E-state index contributed by atoms with van der Waals surface area (Å²) in [7, 11) is 0. The maximum atomic E-state index is 6.28. The van der Waals surface area contributed by atoms with E-state index in [-0.39, 0.29) is 0 Å². The molecule has 3 aromatic rings. The number of fused-ring (bicyclic) bond motifs is 1. The minimum Gasteiger partial charge on any atom is -0.484 e. The monoisotopic (exact) mass is 516 g/mol. The molecule has 0 spiro atoms. The summed E-state index contributed by atoms with van der Waals surface area (Å²) in [6.07, 6.45) is 19.2. The summed E-state index contributed by atoms with van der Waals surface area (Å²) in [5.41, 5.74) is 2.18. The van der Waals surface area contributed by atoms with Gasteiger partial charge in [0.05, 0.1) is 16.1 Å². The van der Waals surface area contributed by atoms with E-state index in [1.54, 1.807) is 12.1 Å². The van der Waals surface area contributed by atoms with E-state index < -0.39 is 0 Å². The third kappa shape index (κ3) is 9.69. The average Bonchev–Trinajstić information content (AvgIpc) is 3.21. The fourth-order valence-electron chi connectivity index (χ4n) is 4.68. The maximum absolute atomic E-state index is 6.28. The third-order valence-corrected chi connectivity index (χ3v) is 7.25. The molecule has 0 bridgehead atoms. The van der Waals surface area contributed by atoms with Crippen molar-refractivity contribution in [1.29, 1.82) is 0 Å². The van der Waals surface area contributed by atoms with E-state index in [4.69, 9.17) is 32.9 Å². The van der Waals surface area contributed by atoms with Gasteiger partial charge in [0.25, 0.3) is 0 Å². The molecule has 0 fully saturated rings. The Morgan fingerprint density at radius 3 is 1.97 bits per heavy atom. The first-order chi connectivity index (χ1) is 17.2. The van der Waals surface area contributed by atoms with Crippen LogP contribution >= 0.6 is 23.2 Å². The zero-order valence-corrected chi connectivity index (χ0v) is 22.9. The van der Waals surface area contributed by atoms with E-state index in [1.165, 1.54) is 89.0 Å². The number of aryl methyl sites for hydroxylation is 1. The van der Waals surface area contributed by atoms with Crippen molar-refractivity contribution in [2.75, 3.05) is 0 Å². The second-order valence-corrected chi connectivity index (χ2v) is 10.5. The smallest absolute Gasteiger partial charge is 0.147 e. The van der Waals surface area contributed by atoms with Gasteiger partial charge in [0, 0.05) is 11.6 Å². The largest absolute Gasteiger partial charge is 0.484 e. The molecule has 192 valence electrons. The van der Waals surface area contributed by atoms with Crippen LogP contribution in [0.1, 0.15) is 103 Å². The molecule has 0 amide bonds. The lowest BCUT2D eigenvalue weighted by molar-refractivity contribution is 0.289. The number of benzene rings is 2. The van der Waals surface area contributed by atoms with Gasteiger partial charge in [0.15, 0.2) is 0 Å². The molecule has 3 nitrogen and oxygen atoms in total. The summed E-state index contributed by atoms with van der Waals surface area (Å²) < 4.78 is 8.30. The highest BCUT2D eigenvalue weighted by Gasteiger charge is 2.12. The average molecular weight is 518 g/mol. The fraction of sp³-hybridized carbons (Fsp3) is 0.567. The second kappa shape index (κ2) is 16.1. The number of halogens is 2. The Balaban J connectivity index is 1.36. The number of rotatable bonds is 18. The fourth-order valence-corrected chi connectivity index (χ4v) is 5.15. The Bertz CT molecular complexity index is 1000. The molecule has 0 N–H and O–H groups in total. The number of aromatic nitrogens is 2. The van der Waals surface area contributed by atoms with Crippen LogP contribution in [0.15, 0.2) is 42.5 Å². The van der Waals surface area contributed by atoms with Gasteiger partial charge in [-0.05, 0) is 36.8 Å². The Morgan fingerprint density at radius 1 is 0.743 bits per heavy atom. The van der Waals surface area contributed by atoms with Gasteiger partial charge in [-0.15, -0.1) is 0 Å². The van der Waals surface area contributed by atoms with Crippen molar-refractivity contribution in [2.24, 2.45) is 0 Å². The lowest BCUT2D eigenvalue weighted by Gasteiger charge is -2.11. The van der Waals surface area contributed by atoms with Crippen molar-refractivity contribution in [1.82, 2.24) is 9.55 Å². The molecule has 2 aromatic carbocycles. The van der Waals surface area contributed by atoms with Gasteiger partial charge in [-0.3, -0.25) is 0 Å². The lowest BCUT2D eigenvalue weighted by Crippen LogP contribution is -2.08. The van der Waals surface area contributed by atoms with Crippen LogP contribution in [-0.2, 0) is 13.2 Å². The normalized spacial score (nSPS) is 11.4. The van der Waals surface area contributed by atoms with Crippen LogP contribution in [0.2, 0.25) is 10.0 Å². The highest BCUT2D eigenvalue weighted by Crippen LogP contribution is 2.28. The topological polar surface area (TPSA) is 27.1 Å². The number of imidazole rings is 1. The molecule has 1 aromatic heterocycles. The molecule has 5 heteroatoms. The highest BCUT2D eigenvalue weighted by molar-refractivity contribution is 6.35. The van der Waals surface area contributed by atoms with Crippen LogP contribution in [0.5, 0.6) is 5.75 Å². The first kappa shape index (κ1) is 27.9. The van der Waals surface area contributed by atoms with Crippen LogP contribution in [0, 0.1) is 0 Å². The van der Waals surface area contributed by atoms with E-state index in [2.05, 4.69) is 29.7 Å². The Kier molecular flexibility index (Phi) is 12.8. The molecular weight excluding hydrogens is 475 g/mol. The first-order valence-corrected chi connectivity index (χ1v) is 14.5. The predicted octanol–water partition coefficient (Wildman–Crippen LogP) is 10.4. The van der Waals surface area contributed by atoms with Crippen LogP contribution < -0.4 is 4.74 Å². The van der Waals surface area contributed by atoms with Gasteiger partial charge >= 0.3 is 0 Å². The molecule has 35 heavy (non-hydrogen) atoms. The van der Waals surface area contributed by atoms with Gasteiger partial charge in [-0.2, -0.15) is 0 Å². The van der Waals surface area contributed by atoms with Crippen molar-refractivity contribution >= 4 is 34.2 Å². The molecule has 0 aliphatic carbocycles. The lowest BCUT2D eigenvalue weighted by atomic mass is 10.0. The zero-order valence-electron chi connectivity index (χ0n) is 21.4. The van der Waals surface area contributed by atoms with Gasteiger partial charge in [-0.1, -0.05) is 126 Å². The van der Waals surface area contributed by atoms with Crippen molar-refractivity contribution in [3.63, 3.8) is 0 Å². The van der Waals surface area contributed by atoms with Crippen LogP contribution in [0.25, 0.3) is 11.0 Å². The Morgan fingerprint density at radius 2 is 1.34 bits per heavy atom.